The van der Waals surface area contributed by atoms with Crippen molar-refractivity contribution in [2.24, 2.45) is 0 Å². The number of hydrogen-bond acceptors (Lipinski definition) is 4. The van der Waals surface area contributed by atoms with Gasteiger partial charge in [-0.15, -0.1) is 0 Å². The summed E-state index contributed by atoms with van der Waals surface area (Å²) in [7, 11) is 0. The number of carbonyl (C=O) groups excluding carboxylic acids is 1. The summed E-state index contributed by atoms with van der Waals surface area (Å²) in [6, 6.07) is 13.4. The lowest BCUT2D eigenvalue weighted by molar-refractivity contribution is -0.113. The molecule has 0 aliphatic carbocycles. The van der Waals surface area contributed by atoms with E-state index in [1.165, 1.54) is 23.9 Å². The normalized spacial score (nSPS) is 10.5. The van der Waals surface area contributed by atoms with Crippen LogP contribution in [0.3, 0.4) is 0 Å². The van der Waals surface area contributed by atoms with Crippen molar-refractivity contribution in [1.82, 2.24) is 9.97 Å². The molecule has 3 aromatic rings. The molecule has 0 bridgehead atoms. The molecule has 1 aromatic heterocycles. The van der Waals surface area contributed by atoms with E-state index in [1.807, 2.05) is 25.1 Å². The SMILES string of the molecule is CCOc1ccccc1NC(=O)CSc1ncc(-c2ccc(F)cc2)[nH]1. The molecule has 2 N–H and O–H groups in total. The topological polar surface area (TPSA) is 67.0 Å². The Balaban J connectivity index is 1.58. The number of hydrogen-bond donors (Lipinski definition) is 2. The third-order valence-electron chi connectivity index (χ3n) is 3.51. The lowest BCUT2D eigenvalue weighted by atomic mass is 10.2. The van der Waals surface area contributed by atoms with Gasteiger partial charge in [-0.25, -0.2) is 9.37 Å². The monoisotopic (exact) mass is 371 g/mol. The van der Waals surface area contributed by atoms with Crippen LogP contribution >= 0.6 is 11.8 Å². The highest BCUT2D eigenvalue weighted by Crippen LogP contribution is 2.25. The third-order valence-corrected chi connectivity index (χ3v) is 4.40. The van der Waals surface area contributed by atoms with Gasteiger partial charge in [-0.2, -0.15) is 0 Å². The van der Waals surface area contributed by atoms with Crippen LogP contribution < -0.4 is 10.1 Å². The van der Waals surface area contributed by atoms with Gasteiger partial charge in [0.25, 0.3) is 0 Å². The van der Waals surface area contributed by atoms with E-state index in [-0.39, 0.29) is 17.5 Å². The van der Waals surface area contributed by atoms with Crippen LogP contribution in [0, 0.1) is 5.82 Å². The predicted octanol–water partition coefficient (Wildman–Crippen LogP) is 4.35. The Kier molecular flexibility index (Phi) is 5.91. The van der Waals surface area contributed by atoms with E-state index in [4.69, 9.17) is 4.74 Å². The van der Waals surface area contributed by atoms with Crippen molar-refractivity contribution in [2.75, 3.05) is 17.7 Å². The van der Waals surface area contributed by atoms with E-state index < -0.39 is 0 Å². The molecule has 1 amide bonds. The number of H-pyrrole nitrogens is 1. The summed E-state index contributed by atoms with van der Waals surface area (Å²) in [5.74, 6) is 0.412. The van der Waals surface area contributed by atoms with Crippen molar-refractivity contribution >= 4 is 23.4 Å². The fraction of sp³-hybridized carbons (Fsp3) is 0.158. The largest absolute Gasteiger partial charge is 0.492 e. The molecular weight excluding hydrogens is 353 g/mol. The summed E-state index contributed by atoms with van der Waals surface area (Å²) in [5.41, 5.74) is 2.25. The van der Waals surface area contributed by atoms with Gasteiger partial charge in [0.1, 0.15) is 11.6 Å². The Morgan fingerprint density at radius 2 is 2.00 bits per heavy atom. The van der Waals surface area contributed by atoms with E-state index >= 15 is 0 Å². The molecule has 0 aliphatic heterocycles. The Labute approximate surface area is 155 Å². The summed E-state index contributed by atoms with van der Waals surface area (Å²) in [5, 5.41) is 3.46. The number of aromatic nitrogens is 2. The number of benzene rings is 2. The van der Waals surface area contributed by atoms with Crippen LogP contribution in [-0.4, -0.2) is 28.2 Å². The molecular formula is C19H18FN3O2S. The second-order valence-electron chi connectivity index (χ2n) is 5.37. The Morgan fingerprint density at radius 3 is 2.77 bits per heavy atom. The van der Waals surface area contributed by atoms with E-state index in [0.29, 0.717) is 23.2 Å². The van der Waals surface area contributed by atoms with Gasteiger partial charge < -0.3 is 15.0 Å². The van der Waals surface area contributed by atoms with E-state index in [9.17, 15) is 9.18 Å². The van der Waals surface area contributed by atoms with Gasteiger partial charge in [-0.1, -0.05) is 23.9 Å². The minimum absolute atomic E-state index is 0.151. The first-order chi connectivity index (χ1) is 12.7. The molecule has 0 radical (unpaired) electrons. The van der Waals surface area contributed by atoms with Gasteiger partial charge in [0.15, 0.2) is 5.16 Å². The lowest BCUT2D eigenvalue weighted by Crippen LogP contribution is -2.15. The average Bonchev–Trinajstić information content (AvgIpc) is 3.11. The predicted molar refractivity (Wildman–Crippen MR) is 101 cm³/mol. The Hall–Kier alpha value is -2.80. The summed E-state index contributed by atoms with van der Waals surface area (Å²) < 4.78 is 18.5. The maximum Gasteiger partial charge on any atom is 0.234 e. The number of rotatable bonds is 7. The molecule has 26 heavy (non-hydrogen) atoms. The highest BCUT2D eigenvalue weighted by molar-refractivity contribution is 7.99. The summed E-state index contributed by atoms with van der Waals surface area (Å²) >= 11 is 1.29. The van der Waals surface area contributed by atoms with Gasteiger partial charge in [-0.3, -0.25) is 4.79 Å². The fourth-order valence-electron chi connectivity index (χ4n) is 2.32. The Bertz CT molecular complexity index is 881. The standard InChI is InChI=1S/C19H18FN3O2S/c1-2-25-17-6-4-3-5-15(17)22-18(24)12-26-19-21-11-16(23-19)13-7-9-14(20)10-8-13/h3-11H,2,12H2,1H3,(H,21,23)(H,22,24). The van der Waals surface area contributed by atoms with Crippen molar-refractivity contribution in [2.45, 2.75) is 12.1 Å². The van der Waals surface area contributed by atoms with Crippen LogP contribution in [0.15, 0.2) is 59.9 Å². The maximum atomic E-state index is 13.0. The number of anilines is 1. The lowest BCUT2D eigenvalue weighted by Gasteiger charge is -2.10. The first kappa shape index (κ1) is 18.0. The molecule has 7 heteroatoms. The first-order valence-electron chi connectivity index (χ1n) is 8.11. The van der Waals surface area contributed by atoms with E-state index in [2.05, 4.69) is 15.3 Å². The maximum absolute atomic E-state index is 13.0. The molecule has 3 rings (SSSR count). The molecule has 1 heterocycles. The molecule has 0 atom stereocenters. The molecule has 0 spiro atoms. The molecule has 0 saturated heterocycles. The number of carbonyl (C=O) groups is 1. The van der Waals surface area contributed by atoms with Crippen molar-refractivity contribution in [1.29, 1.82) is 0 Å². The zero-order valence-corrected chi connectivity index (χ0v) is 15.0. The number of halogens is 1. The number of nitrogens with one attached hydrogen (secondary N) is 2. The molecule has 2 aromatic carbocycles. The third kappa shape index (κ3) is 4.64. The number of para-hydroxylation sites is 2. The minimum atomic E-state index is -0.285. The zero-order valence-electron chi connectivity index (χ0n) is 14.2. The van der Waals surface area contributed by atoms with Crippen molar-refractivity contribution < 1.29 is 13.9 Å². The number of aromatic amines is 1. The number of thioether (sulfide) groups is 1. The van der Waals surface area contributed by atoms with Crippen LogP contribution in [0.25, 0.3) is 11.3 Å². The van der Waals surface area contributed by atoms with Gasteiger partial charge in [0.2, 0.25) is 5.91 Å². The molecule has 0 unspecified atom stereocenters. The molecule has 0 fully saturated rings. The van der Waals surface area contributed by atoms with E-state index in [1.54, 1.807) is 24.4 Å². The highest BCUT2D eigenvalue weighted by Gasteiger charge is 2.10. The summed E-state index contributed by atoms with van der Waals surface area (Å²) in [4.78, 5) is 19.6. The van der Waals surface area contributed by atoms with Crippen molar-refractivity contribution in [3.05, 3.63) is 60.5 Å². The van der Waals surface area contributed by atoms with Gasteiger partial charge >= 0.3 is 0 Å². The van der Waals surface area contributed by atoms with Gasteiger partial charge in [-0.05, 0) is 48.9 Å². The van der Waals surface area contributed by atoms with Gasteiger partial charge in [0.05, 0.1) is 29.9 Å². The minimum Gasteiger partial charge on any atom is -0.492 e. The molecule has 5 nitrogen and oxygen atoms in total. The van der Waals surface area contributed by atoms with Crippen LogP contribution in [-0.2, 0) is 4.79 Å². The van der Waals surface area contributed by atoms with Crippen LogP contribution in [0.1, 0.15) is 6.92 Å². The molecule has 0 aliphatic rings. The molecule has 0 saturated carbocycles. The van der Waals surface area contributed by atoms with Gasteiger partial charge in [0, 0.05) is 0 Å². The number of ether oxygens (including phenoxy) is 1. The summed E-state index contributed by atoms with van der Waals surface area (Å²) in [6.45, 7) is 2.42. The quantitative estimate of drug-likeness (QED) is 0.606. The van der Waals surface area contributed by atoms with Crippen molar-refractivity contribution in [3.8, 4) is 17.0 Å². The van der Waals surface area contributed by atoms with E-state index in [0.717, 1.165) is 11.3 Å². The fourth-order valence-corrected chi connectivity index (χ4v) is 2.97. The second kappa shape index (κ2) is 8.53. The Morgan fingerprint density at radius 1 is 1.23 bits per heavy atom. The van der Waals surface area contributed by atoms with Crippen molar-refractivity contribution in [3.63, 3.8) is 0 Å². The molecule has 134 valence electrons. The van der Waals surface area contributed by atoms with Crippen LogP contribution in [0.5, 0.6) is 5.75 Å². The number of nitrogens with zero attached hydrogens (tertiary/aromatic N) is 1. The first-order valence-corrected chi connectivity index (χ1v) is 9.09. The van der Waals surface area contributed by atoms with Crippen LogP contribution in [0.2, 0.25) is 0 Å². The number of amides is 1. The zero-order chi connectivity index (χ0) is 18.4. The summed E-state index contributed by atoms with van der Waals surface area (Å²) in [6.07, 6.45) is 1.66. The second-order valence-corrected chi connectivity index (χ2v) is 6.34. The number of imidazole rings is 1. The van der Waals surface area contributed by atoms with Crippen LogP contribution in [0.4, 0.5) is 10.1 Å². The average molecular weight is 371 g/mol. The smallest absolute Gasteiger partial charge is 0.234 e. The highest BCUT2D eigenvalue weighted by atomic mass is 32.2.